The third-order valence-electron chi connectivity index (χ3n) is 3.48. The van der Waals surface area contributed by atoms with Gasteiger partial charge in [-0.15, -0.1) is 11.8 Å². The number of hydrogen-bond acceptors (Lipinski definition) is 3. The Hall–Kier alpha value is -1.95. The summed E-state index contributed by atoms with van der Waals surface area (Å²) < 4.78 is 1.73. The van der Waals surface area contributed by atoms with Gasteiger partial charge in [0.2, 0.25) is 5.91 Å². The zero-order valence-electron chi connectivity index (χ0n) is 11.9. The van der Waals surface area contributed by atoms with Gasteiger partial charge in [-0.1, -0.05) is 30.3 Å². The maximum Gasteiger partial charge on any atom is 0.270 e. The van der Waals surface area contributed by atoms with Gasteiger partial charge >= 0.3 is 0 Å². The fourth-order valence-electron chi connectivity index (χ4n) is 2.52. The first kappa shape index (κ1) is 14.0. The Bertz CT molecular complexity index is 718. The minimum absolute atomic E-state index is 0.0706. The Morgan fingerprint density at radius 3 is 2.62 bits per heavy atom. The van der Waals surface area contributed by atoms with Gasteiger partial charge in [0.1, 0.15) is 5.82 Å². The van der Waals surface area contributed by atoms with Gasteiger partial charge in [-0.3, -0.25) is 19.4 Å². The number of carbonyl (C=O) groups is 1. The largest absolute Gasteiger partial charge is 0.310 e. The molecule has 6 heteroatoms. The molecule has 0 fully saturated rings. The van der Waals surface area contributed by atoms with Crippen LogP contribution in [0.15, 0.2) is 35.1 Å². The van der Waals surface area contributed by atoms with Crippen molar-refractivity contribution < 1.29 is 4.79 Å². The minimum Gasteiger partial charge on any atom is -0.310 e. The maximum atomic E-state index is 12.4. The molecule has 0 bridgehead atoms. The van der Waals surface area contributed by atoms with Crippen LogP contribution in [-0.4, -0.2) is 21.4 Å². The number of anilines is 1. The van der Waals surface area contributed by atoms with Gasteiger partial charge in [0.15, 0.2) is 0 Å². The summed E-state index contributed by atoms with van der Waals surface area (Å²) in [5.41, 5.74) is 1.53. The molecular formula is C15H17N3O2S. The summed E-state index contributed by atoms with van der Waals surface area (Å²) in [6.45, 7) is 3.94. The van der Waals surface area contributed by atoms with Crippen LogP contribution >= 0.6 is 11.8 Å². The predicted octanol–water partition coefficient (Wildman–Crippen LogP) is 2.53. The van der Waals surface area contributed by atoms with E-state index < -0.39 is 0 Å². The molecule has 1 aromatic heterocycles. The lowest BCUT2D eigenvalue weighted by Crippen LogP contribution is -2.17. The Kier molecular flexibility index (Phi) is 3.63. The average molecular weight is 303 g/mol. The number of nitrogens with zero attached hydrogens (tertiary/aromatic N) is 1. The molecule has 0 saturated carbocycles. The van der Waals surface area contributed by atoms with Gasteiger partial charge in [-0.05, 0) is 19.4 Å². The Morgan fingerprint density at radius 2 is 1.95 bits per heavy atom. The molecule has 0 saturated heterocycles. The lowest BCUT2D eigenvalue weighted by Gasteiger charge is -2.14. The van der Waals surface area contributed by atoms with Crippen LogP contribution in [0.2, 0.25) is 0 Å². The summed E-state index contributed by atoms with van der Waals surface area (Å²) in [4.78, 5) is 24.3. The first-order valence-corrected chi connectivity index (χ1v) is 7.93. The maximum absolute atomic E-state index is 12.4. The number of thioether (sulfide) groups is 1. The number of benzene rings is 1. The molecule has 1 atom stereocenters. The highest BCUT2D eigenvalue weighted by Crippen LogP contribution is 2.39. The molecular weight excluding hydrogens is 286 g/mol. The van der Waals surface area contributed by atoms with E-state index in [9.17, 15) is 9.59 Å². The Balaban J connectivity index is 2.19. The van der Waals surface area contributed by atoms with Crippen LogP contribution in [0.25, 0.3) is 0 Å². The standard InChI is InChI=1S/C15H17N3O2S/c1-9(2)18-14-12(15(20)17-18)13(21-8-11(19)16-14)10-6-4-3-5-7-10/h3-7,9,13H,8H2,1-2H3,(H,16,19)(H,17,20)/t13-/m1/s1. The molecule has 0 unspecified atom stereocenters. The fraction of sp³-hybridized carbons (Fsp3) is 0.333. The van der Waals surface area contributed by atoms with E-state index in [0.29, 0.717) is 17.1 Å². The van der Waals surface area contributed by atoms with E-state index in [2.05, 4.69) is 10.4 Å². The molecule has 21 heavy (non-hydrogen) atoms. The lowest BCUT2D eigenvalue weighted by molar-refractivity contribution is -0.113. The van der Waals surface area contributed by atoms with Crippen molar-refractivity contribution in [1.29, 1.82) is 0 Å². The topological polar surface area (TPSA) is 66.9 Å². The summed E-state index contributed by atoms with van der Waals surface area (Å²) in [5, 5.41) is 5.57. The molecule has 2 N–H and O–H groups in total. The molecule has 0 spiro atoms. The molecule has 0 radical (unpaired) electrons. The van der Waals surface area contributed by atoms with Crippen LogP contribution in [0.1, 0.15) is 36.3 Å². The predicted molar refractivity (Wildman–Crippen MR) is 84.8 cm³/mol. The normalized spacial score (nSPS) is 18.2. The number of nitrogens with one attached hydrogen (secondary N) is 2. The Morgan fingerprint density at radius 1 is 1.24 bits per heavy atom. The summed E-state index contributed by atoms with van der Waals surface area (Å²) >= 11 is 1.48. The third kappa shape index (κ3) is 2.51. The van der Waals surface area contributed by atoms with Crippen molar-refractivity contribution in [2.75, 3.05) is 11.1 Å². The highest BCUT2D eigenvalue weighted by Gasteiger charge is 2.30. The number of aromatic amines is 1. The second-order valence-electron chi connectivity index (χ2n) is 5.32. The molecule has 1 amide bonds. The summed E-state index contributed by atoms with van der Waals surface area (Å²) in [7, 11) is 0. The molecule has 2 aromatic rings. The van der Waals surface area contributed by atoms with Crippen molar-refractivity contribution in [1.82, 2.24) is 9.78 Å². The second-order valence-corrected chi connectivity index (χ2v) is 6.41. The molecule has 1 aromatic carbocycles. The van der Waals surface area contributed by atoms with Gasteiger partial charge in [0.25, 0.3) is 5.56 Å². The van der Waals surface area contributed by atoms with Crippen LogP contribution in [-0.2, 0) is 4.79 Å². The van der Waals surface area contributed by atoms with Gasteiger partial charge < -0.3 is 5.32 Å². The van der Waals surface area contributed by atoms with Crippen molar-refractivity contribution in [3.8, 4) is 0 Å². The average Bonchev–Trinajstić information content (AvgIpc) is 2.68. The van der Waals surface area contributed by atoms with Gasteiger partial charge in [-0.2, -0.15) is 0 Å². The third-order valence-corrected chi connectivity index (χ3v) is 4.75. The van der Waals surface area contributed by atoms with Crippen molar-refractivity contribution >= 4 is 23.5 Å². The molecule has 0 aliphatic carbocycles. The van der Waals surface area contributed by atoms with Crippen molar-refractivity contribution in [2.45, 2.75) is 25.1 Å². The smallest absolute Gasteiger partial charge is 0.270 e. The number of rotatable bonds is 2. The van der Waals surface area contributed by atoms with E-state index >= 15 is 0 Å². The Labute approximate surface area is 126 Å². The summed E-state index contributed by atoms with van der Waals surface area (Å²) in [6.07, 6.45) is 0. The van der Waals surface area contributed by atoms with E-state index in [-0.39, 0.29) is 22.8 Å². The molecule has 110 valence electrons. The molecule has 1 aliphatic heterocycles. The SMILES string of the molecule is CC(C)n1[nH]c(=O)c2c1NC(=O)CS[C@@H]2c1ccccc1. The second kappa shape index (κ2) is 5.44. The fourth-order valence-corrected chi connectivity index (χ4v) is 3.65. The number of hydrogen-bond donors (Lipinski definition) is 2. The van der Waals surface area contributed by atoms with E-state index in [1.807, 2.05) is 44.2 Å². The number of H-pyrrole nitrogens is 1. The molecule has 1 aliphatic rings. The quantitative estimate of drug-likeness (QED) is 0.896. The van der Waals surface area contributed by atoms with E-state index in [1.54, 1.807) is 4.68 Å². The number of carbonyl (C=O) groups excluding carboxylic acids is 1. The van der Waals surface area contributed by atoms with Crippen LogP contribution < -0.4 is 10.9 Å². The highest BCUT2D eigenvalue weighted by molar-refractivity contribution is 8.00. The monoisotopic (exact) mass is 303 g/mol. The van der Waals surface area contributed by atoms with Gasteiger partial charge in [-0.25, -0.2) is 0 Å². The highest BCUT2D eigenvalue weighted by atomic mass is 32.2. The van der Waals surface area contributed by atoms with E-state index in [0.717, 1.165) is 5.56 Å². The van der Waals surface area contributed by atoms with Crippen LogP contribution in [0.3, 0.4) is 0 Å². The number of aromatic nitrogens is 2. The lowest BCUT2D eigenvalue weighted by atomic mass is 10.1. The van der Waals surface area contributed by atoms with E-state index in [1.165, 1.54) is 11.8 Å². The molecule has 5 nitrogen and oxygen atoms in total. The molecule has 3 rings (SSSR count). The van der Waals surface area contributed by atoms with Crippen LogP contribution in [0.5, 0.6) is 0 Å². The van der Waals surface area contributed by atoms with Crippen molar-refractivity contribution in [3.63, 3.8) is 0 Å². The minimum atomic E-state index is -0.137. The first-order chi connectivity index (χ1) is 10.1. The van der Waals surface area contributed by atoms with E-state index in [4.69, 9.17) is 0 Å². The number of fused-ring (bicyclic) bond motifs is 1. The van der Waals surface area contributed by atoms with Gasteiger partial charge in [0.05, 0.1) is 16.6 Å². The number of amides is 1. The van der Waals surface area contributed by atoms with Gasteiger partial charge in [0, 0.05) is 6.04 Å². The summed E-state index contributed by atoms with van der Waals surface area (Å²) in [5.74, 6) is 0.859. The molecule has 2 heterocycles. The zero-order valence-corrected chi connectivity index (χ0v) is 12.7. The van der Waals surface area contributed by atoms with Crippen LogP contribution in [0, 0.1) is 0 Å². The van der Waals surface area contributed by atoms with Crippen molar-refractivity contribution in [3.05, 3.63) is 51.8 Å². The first-order valence-electron chi connectivity index (χ1n) is 6.88. The van der Waals surface area contributed by atoms with Crippen molar-refractivity contribution in [2.24, 2.45) is 0 Å². The summed E-state index contributed by atoms with van der Waals surface area (Å²) in [6, 6.07) is 9.89. The van der Waals surface area contributed by atoms with Crippen LogP contribution in [0.4, 0.5) is 5.82 Å². The zero-order chi connectivity index (χ0) is 15.0.